The second-order valence-corrected chi connectivity index (χ2v) is 8.99. The van der Waals surface area contributed by atoms with E-state index in [9.17, 15) is 9.90 Å². The molecule has 1 aliphatic heterocycles. The van der Waals surface area contributed by atoms with E-state index in [4.69, 9.17) is 14.2 Å². The third kappa shape index (κ3) is 4.59. The van der Waals surface area contributed by atoms with Crippen molar-refractivity contribution in [3.63, 3.8) is 0 Å². The monoisotopic (exact) mass is 461 g/mol. The van der Waals surface area contributed by atoms with Crippen LogP contribution in [0.1, 0.15) is 25.3 Å². The van der Waals surface area contributed by atoms with Crippen LogP contribution in [0.3, 0.4) is 0 Å². The fourth-order valence-corrected chi connectivity index (χ4v) is 4.66. The Morgan fingerprint density at radius 2 is 1.68 bits per heavy atom. The number of methoxy groups -OCH3 is 2. The molecule has 0 aliphatic carbocycles. The Morgan fingerprint density at radius 1 is 1.00 bits per heavy atom. The smallest absolute Gasteiger partial charge is 0.409 e. The summed E-state index contributed by atoms with van der Waals surface area (Å²) >= 11 is 0. The first-order chi connectivity index (χ1) is 16.4. The first-order valence-electron chi connectivity index (χ1n) is 11.4. The number of hydrogen-bond acceptors (Lipinski definition) is 5. The number of nitrogens with zero attached hydrogens (tertiary/aromatic N) is 1. The summed E-state index contributed by atoms with van der Waals surface area (Å²) in [5.74, 6) is 1.78. The number of benzene rings is 3. The molecule has 0 spiro atoms. The number of likely N-dealkylation sites (tertiary alicyclic amines) is 1. The fourth-order valence-electron chi connectivity index (χ4n) is 4.66. The normalized spacial score (nSPS) is 20.6. The molecule has 4 rings (SSSR count). The number of ether oxygens (including phenoxy) is 3. The molecular formula is C28H31NO5. The third-order valence-corrected chi connectivity index (χ3v) is 6.90. The van der Waals surface area contributed by atoms with Crippen LogP contribution >= 0.6 is 0 Å². The molecule has 3 aromatic rings. The highest BCUT2D eigenvalue weighted by Gasteiger charge is 2.48. The minimum Gasteiger partial charge on any atom is -0.493 e. The average Bonchev–Trinajstić information content (AvgIpc) is 3.23. The molecule has 1 heterocycles. The van der Waals surface area contributed by atoms with Crippen LogP contribution in [-0.2, 0) is 4.74 Å². The molecule has 34 heavy (non-hydrogen) atoms. The van der Waals surface area contributed by atoms with Crippen LogP contribution in [-0.4, -0.2) is 49.5 Å². The van der Waals surface area contributed by atoms with Gasteiger partial charge in [-0.15, -0.1) is 0 Å². The van der Waals surface area contributed by atoms with Crippen LogP contribution in [0.25, 0.3) is 11.1 Å². The summed E-state index contributed by atoms with van der Waals surface area (Å²) in [5, 5.41) is 10.6. The standard InChI is InChI=1S/C28H31NO5/c1-19(30)28(2)18-29(27(31)33-4)17-24(28)22-12-15-25(32-3)26(16-22)34-23-13-10-21(11-14-23)20-8-6-5-7-9-20/h5-16,19,24,30H,17-18H2,1-4H3/t19-,24-,28-/m1/s1. The van der Waals surface area contributed by atoms with Crippen LogP contribution in [0, 0.1) is 5.41 Å². The number of aliphatic hydroxyl groups excluding tert-OH is 1. The molecule has 0 aromatic heterocycles. The number of hydrogen-bond donors (Lipinski definition) is 1. The predicted octanol–water partition coefficient (Wildman–Crippen LogP) is 5.71. The number of aliphatic hydroxyl groups is 1. The lowest BCUT2D eigenvalue weighted by Gasteiger charge is -2.33. The Kier molecular flexibility index (Phi) is 6.80. The molecule has 6 nitrogen and oxygen atoms in total. The molecule has 3 atom stereocenters. The second-order valence-electron chi connectivity index (χ2n) is 8.99. The lowest BCUT2D eigenvalue weighted by molar-refractivity contribution is 0.0470. The van der Waals surface area contributed by atoms with E-state index < -0.39 is 17.6 Å². The Hall–Kier alpha value is -3.51. The van der Waals surface area contributed by atoms with Crippen LogP contribution in [0.2, 0.25) is 0 Å². The molecule has 0 unspecified atom stereocenters. The van der Waals surface area contributed by atoms with Crippen LogP contribution in [0.4, 0.5) is 4.79 Å². The van der Waals surface area contributed by atoms with Gasteiger partial charge in [0.1, 0.15) is 5.75 Å². The molecule has 1 aliphatic rings. The summed E-state index contributed by atoms with van der Waals surface area (Å²) in [5.41, 5.74) is 2.68. The molecule has 6 heteroatoms. The largest absolute Gasteiger partial charge is 0.493 e. The van der Waals surface area contributed by atoms with E-state index >= 15 is 0 Å². The van der Waals surface area contributed by atoms with Gasteiger partial charge in [0.25, 0.3) is 0 Å². The van der Waals surface area contributed by atoms with E-state index in [0.29, 0.717) is 30.3 Å². The number of rotatable bonds is 6. The van der Waals surface area contributed by atoms with Gasteiger partial charge >= 0.3 is 6.09 Å². The minimum atomic E-state index is -0.621. The molecule has 0 radical (unpaired) electrons. The summed E-state index contributed by atoms with van der Waals surface area (Å²) in [7, 11) is 2.98. The molecular weight excluding hydrogens is 430 g/mol. The van der Waals surface area contributed by atoms with Crippen molar-refractivity contribution in [2.24, 2.45) is 5.41 Å². The molecule has 1 saturated heterocycles. The van der Waals surface area contributed by atoms with Gasteiger partial charge in [0.15, 0.2) is 11.5 Å². The van der Waals surface area contributed by atoms with Gasteiger partial charge in [-0.05, 0) is 47.9 Å². The Balaban J connectivity index is 1.62. The summed E-state index contributed by atoms with van der Waals surface area (Å²) < 4.78 is 16.7. The summed E-state index contributed by atoms with van der Waals surface area (Å²) in [6.07, 6.45) is -1.01. The van der Waals surface area contributed by atoms with E-state index in [1.54, 1.807) is 18.9 Å². The summed E-state index contributed by atoms with van der Waals surface area (Å²) in [6, 6.07) is 23.9. The zero-order valence-electron chi connectivity index (χ0n) is 20.0. The highest BCUT2D eigenvalue weighted by Crippen LogP contribution is 2.47. The topological polar surface area (TPSA) is 68.2 Å². The minimum absolute atomic E-state index is 0.0969. The molecule has 178 valence electrons. The van der Waals surface area contributed by atoms with E-state index in [2.05, 4.69) is 12.1 Å². The van der Waals surface area contributed by atoms with Crippen molar-refractivity contribution in [2.75, 3.05) is 27.3 Å². The van der Waals surface area contributed by atoms with Gasteiger partial charge in [0.2, 0.25) is 0 Å². The van der Waals surface area contributed by atoms with Gasteiger partial charge in [-0.2, -0.15) is 0 Å². The number of amides is 1. The third-order valence-electron chi connectivity index (χ3n) is 6.90. The van der Waals surface area contributed by atoms with Gasteiger partial charge < -0.3 is 24.2 Å². The van der Waals surface area contributed by atoms with Gasteiger partial charge in [-0.1, -0.05) is 55.5 Å². The molecule has 0 bridgehead atoms. The van der Waals surface area contributed by atoms with Crippen molar-refractivity contribution in [2.45, 2.75) is 25.9 Å². The van der Waals surface area contributed by atoms with Crippen LogP contribution in [0.5, 0.6) is 17.2 Å². The first-order valence-corrected chi connectivity index (χ1v) is 11.4. The van der Waals surface area contributed by atoms with Gasteiger partial charge in [0, 0.05) is 24.4 Å². The molecule has 1 amide bonds. The van der Waals surface area contributed by atoms with Gasteiger partial charge in [0.05, 0.1) is 20.3 Å². The van der Waals surface area contributed by atoms with E-state index in [1.807, 2.05) is 67.6 Å². The van der Waals surface area contributed by atoms with Crippen molar-refractivity contribution < 1.29 is 24.1 Å². The Morgan fingerprint density at radius 3 is 2.29 bits per heavy atom. The van der Waals surface area contributed by atoms with Crippen molar-refractivity contribution in [1.29, 1.82) is 0 Å². The Bertz CT molecular complexity index is 1130. The van der Waals surface area contributed by atoms with E-state index in [1.165, 1.54) is 7.11 Å². The molecule has 1 N–H and O–H groups in total. The maximum absolute atomic E-state index is 12.2. The second kappa shape index (κ2) is 9.77. The molecule has 0 saturated carbocycles. The van der Waals surface area contributed by atoms with Gasteiger partial charge in [-0.25, -0.2) is 4.79 Å². The highest BCUT2D eigenvalue weighted by molar-refractivity contribution is 5.68. The SMILES string of the molecule is COC(=O)N1C[C@H](c2ccc(OC)c(Oc3ccc(-c4ccccc4)cc3)c2)[C@@](C)([C@@H](C)O)C1. The predicted molar refractivity (Wildman–Crippen MR) is 131 cm³/mol. The Labute approximate surface area is 200 Å². The number of carbonyl (C=O) groups is 1. The van der Waals surface area contributed by atoms with Crippen LogP contribution in [0.15, 0.2) is 72.8 Å². The zero-order valence-corrected chi connectivity index (χ0v) is 20.0. The average molecular weight is 462 g/mol. The number of carbonyl (C=O) groups excluding carboxylic acids is 1. The van der Waals surface area contributed by atoms with Crippen molar-refractivity contribution >= 4 is 6.09 Å². The lowest BCUT2D eigenvalue weighted by Crippen LogP contribution is -2.38. The maximum Gasteiger partial charge on any atom is 0.409 e. The van der Waals surface area contributed by atoms with Gasteiger partial charge in [-0.3, -0.25) is 0 Å². The quantitative estimate of drug-likeness (QED) is 0.509. The highest BCUT2D eigenvalue weighted by atomic mass is 16.5. The lowest BCUT2D eigenvalue weighted by atomic mass is 9.72. The first kappa shape index (κ1) is 23.6. The summed E-state index contributed by atoms with van der Waals surface area (Å²) in [6.45, 7) is 4.62. The van der Waals surface area contributed by atoms with Crippen molar-refractivity contribution in [1.82, 2.24) is 4.90 Å². The van der Waals surface area contributed by atoms with E-state index in [0.717, 1.165) is 16.7 Å². The van der Waals surface area contributed by atoms with Crippen LogP contribution < -0.4 is 9.47 Å². The maximum atomic E-state index is 12.2. The zero-order chi connectivity index (χ0) is 24.3. The van der Waals surface area contributed by atoms with E-state index in [-0.39, 0.29) is 5.92 Å². The molecule has 1 fully saturated rings. The fraction of sp³-hybridized carbons (Fsp3) is 0.321. The van der Waals surface area contributed by atoms with Crippen molar-refractivity contribution in [3.05, 3.63) is 78.4 Å². The summed E-state index contributed by atoms with van der Waals surface area (Å²) in [4.78, 5) is 13.9. The molecule has 3 aromatic carbocycles. The van der Waals surface area contributed by atoms with Crippen molar-refractivity contribution in [3.8, 4) is 28.4 Å².